The molecule has 2 aromatic carbocycles. The normalized spacial score (nSPS) is 17.2. The number of rotatable bonds is 8. The number of benzene rings is 2. The quantitative estimate of drug-likeness (QED) is 0.799. The first-order chi connectivity index (χ1) is 12.3. The molecule has 0 amide bonds. The van der Waals surface area contributed by atoms with Gasteiger partial charge in [-0.1, -0.05) is 36.4 Å². The Bertz CT molecular complexity index is 650. The highest BCUT2D eigenvalue weighted by Gasteiger charge is 2.19. The summed E-state index contributed by atoms with van der Waals surface area (Å²) in [6, 6.07) is 16.4. The third-order valence-electron chi connectivity index (χ3n) is 4.64. The molecule has 0 aromatic heterocycles. The van der Waals surface area contributed by atoms with Crippen LogP contribution in [0.1, 0.15) is 29.5 Å². The number of hydrogen-bond donors (Lipinski definition) is 1. The first kappa shape index (κ1) is 17.9. The molecule has 1 aliphatic rings. The molecule has 2 aromatic rings. The third kappa shape index (κ3) is 5.30. The van der Waals surface area contributed by atoms with Crippen molar-refractivity contribution in [3.05, 3.63) is 65.2 Å². The zero-order chi connectivity index (χ0) is 17.5. The van der Waals surface area contributed by atoms with Gasteiger partial charge in [-0.15, -0.1) is 0 Å². The van der Waals surface area contributed by atoms with E-state index in [1.165, 1.54) is 11.1 Å². The summed E-state index contributed by atoms with van der Waals surface area (Å²) < 4.78 is 11.2. The van der Waals surface area contributed by atoms with Crippen LogP contribution in [0.25, 0.3) is 0 Å². The molecule has 134 valence electrons. The lowest BCUT2D eigenvalue weighted by Crippen LogP contribution is -2.31. The first-order valence-electron chi connectivity index (χ1n) is 8.92. The minimum Gasteiger partial charge on any atom is -0.497 e. The molecule has 0 bridgehead atoms. The molecule has 1 atom stereocenters. The van der Waals surface area contributed by atoms with Gasteiger partial charge in [0, 0.05) is 26.2 Å². The molecule has 0 aliphatic carbocycles. The van der Waals surface area contributed by atoms with Crippen LogP contribution in [-0.4, -0.2) is 36.4 Å². The van der Waals surface area contributed by atoms with Crippen molar-refractivity contribution >= 4 is 0 Å². The van der Waals surface area contributed by atoms with Gasteiger partial charge in [0.1, 0.15) is 5.75 Å². The van der Waals surface area contributed by atoms with E-state index in [1.807, 2.05) is 24.3 Å². The molecule has 4 nitrogen and oxygen atoms in total. The van der Waals surface area contributed by atoms with Gasteiger partial charge in [0.05, 0.1) is 19.8 Å². The van der Waals surface area contributed by atoms with Crippen molar-refractivity contribution in [1.29, 1.82) is 0 Å². The van der Waals surface area contributed by atoms with E-state index in [-0.39, 0.29) is 6.61 Å². The van der Waals surface area contributed by atoms with E-state index in [4.69, 9.17) is 9.47 Å². The topological polar surface area (TPSA) is 41.9 Å². The van der Waals surface area contributed by atoms with Crippen LogP contribution in [-0.2, 0) is 24.4 Å². The molecular weight excluding hydrogens is 314 g/mol. The van der Waals surface area contributed by atoms with E-state index in [9.17, 15) is 5.11 Å². The second-order valence-electron chi connectivity index (χ2n) is 6.63. The third-order valence-corrected chi connectivity index (χ3v) is 4.64. The minimum absolute atomic E-state index is 0.0870. The summed E-state index contributed by atoms with van der Waals surface area (Å²) in [6.07, 6.45) is 2.61. The molecule has 25 heavy (non-hydrogen) atoms. The molecule has 4 heteroatoms. The van der Waals surface area contributed by atoms with Crippen LogP contribution in [0.3, 0.4) is 0 Å². The Morgan fingerprint density at radius 2 is 1.84 bits per heavy atom. The predicted molar refractivity (Wildman–Crippen MR) is 98.4 cm³/mol. The number of methoxy groups -OCH3 is 1. The lowest BCUT2D eigenvalue weighted by molar-refractivity contribution is 0.0679. The van der Waals surface area contributed by atoms with E-state index in [0.717, 1.165) is 50.4 Å². The van der Waals surface area contributed by atoms with E-state index in [0.29, 0.717) is 6.10 Å². The fourth-order valence-corrected chi connectivity index (χ4v) is 3.30. The van der Waals surface area contributed by atoms with Crippen LogP contribution in [0.15, 0.2) is 48.5 Å². The van der Waals surface area contributed by atoms with Crippen LogP contribution < -0.4 is 4.74 Å². The maximum absolute atomic E-state index is 9.21. The highest BCUT2D eigenvalue weighted by molar-refractivity contribution is 5.28. The summed E-state index contributed by atoms with van der Waals surface area (Å²) >= 11 is 0. The number of hydrogen-bond acceptors (Lipinski definition) is 4. The predicted octanol–water partition coefficient (Wildman–Crippen LogP) is 3.37. The Labute approximate surface area is 150 Å². The maximum Gasteiger partial charge on any atom is 0.119 e. The zero-order valence-electron chi connectivity index (χ0n) is 14.9. The molecule has 1 N–H and O–H groups in total. The number of nitrogens with zero attached hydrogens (tertiary/aromatic N) is 1. The van der Waals surface area contributed by atoms with Gasteiger partial charge < -0.3 is 14.6 Å². The summed E-state index contributed by atoms with van der Waals surface area (Å²) in [5.41, 5.74) is 3.43. The van der Waals surface area contributed by atoms with Gasteiger partial charge in [0.25, 0.3) is 0 Å². The maximum atomic E-state index is 9.21. The van der Waals surface area contributed by atoms with Crippen LogP contribution in [0, 0.1) is 0 Å². The van der Waals surface area contributed by atoms with Crippen molar-refractivity contribution in [1.82, 2.24) is 4.90 Å². The highest BCUT2D eigenvalue weighted by atomic mass is 16.5. The van der Waals surface area contributed by atoms with Gasteiger partial charge in [0.2, 0.25) is 0 Å². The van der Waals surface area contributed by atoms with E-state index >= 15 is 0 Å². The van der Waals surface area contributed by atoms with Gasteiger partial charge in [-0.25, -0.2) is 0 Å². The number of aliphatic hydroxyl groups is 1. The van der Waals surface area contributed by atoms with E-state index in [1.54, 1.807) is 7.11 Å². The fraction of sp³-hybridized carbons (Fsp3) is 0.429. The van der Waals surface area contributed by atoms with Crippen molar-refractivity contribution in [2.75, 3.05) is 20.3 Å². The van der Waals surface area contributed by atoms with Crippen molar-refractivity contribution in [2.24, 2.45) is 0 Å². The highest BCUT2D eigenvalue weighted by Crippen LogP contribution is 2.19. The van der Waals surface area contributed by atoms with Crippen LogP contribution in [0.2, 0.25) is 0 Å². The van der Waals surface area contributed by atoms with Crippen molar-refractivity contribution in [2.45, 2.75) is 38.6 Å². The molecule has 1 fully saturated rings. The standard InChI is InChI=1S/C21H27NO3/c1-24-20-5-2-4-19(12-20)14-22(15-21-6-3-11-25-21)13-17-7-9-18(16-23)10-8-17/h2,4-5,7-10,12,21,23H,3,6,11,13-16H2,1H3. The monoisotopic (exact) mass is 341 g/mol. The van der Waals surface area contributed by atoms with Gasteiger partial charge in [-0.2, -0.15) is 0 Å². The van der Waals surface area contributed by atoms with Gasteiger partial charge in [-0.05, 0) is 41.7 Å². The molecular formula is C21H27NO3. The second kappa shape index (κ2) is 8.99. The zero-order valence-corrected chi connectivity index (χ0v) is 14.9. The van der Waals surface area contributed by atoms with E-state index < -0.39 is 0 Å². The molecule has 1 aliphatic heterocycles. The summed E-state index contributed by atoms with van der Waals surface area (Å²) in [5, 5.41) is 9.21. The largest absolute Gasteiger partial charge is 0.497 e. The second-order valence-corrected chi connectivity index (χ2v) is 6.63. The minimum atomic E-state index is 0.0870. The Morgan fingerprint density at radius 1 is 1.08 bits per heavy atom. The van der Waals surface area contributed by atoms with Crippen molar-refractivity contribution in [3.8, 4) is 5.75 Å². The van der Waals surface area contributed by atoms with Crippen LogP contribution in [0.4, 0.5) is 0 Å². The Kier molecular flexibility index (Phi) is 6.45. The average Bonchev–Trinajstić information content (AvgIpc) is 3.15. The fourth-order valence-electron chi connectivity index (χ4n) is 3.30. The Balaban J connectivity index is 1.70. The Morgan fingerprint density at radius 3 is 2.52 bits per heavy atom. The Hall–Kier alpha value is -1.88. The van der Waals surface area contributed by atoms with Gasteiger partial charge in [0.15, 0.2) is 0 Å². The first-order valence-corrected chi connectivity index (χ1v) is 8.92. The molecule has 3 rings (SSSR count). The average molecular weight is 341 g/mol. The summed E-state index contributed by atoms with van der Waals surface area (Å²) in [6.45, 7) is 3.62. The van der Waals surface area contributed by atoms with Crippen molar-refractivity contribution in [3.63, 3.8) is 0 Å². The molecule has 1 heterocycles. The van der Waals surface area contributed by atoms with Gasteiger partial charge >= 0.3 is 0 Å². The molecule has 1 saturated heterocycles. The number of aliphatic hydroxyl groups excluding tert-OH is 1. The SMILES string of the molecule is COc1cccc(CN(Cc2ccc(CO)cc2)CC2CCCO2)c1. The number of ether oxygens (including phenoxy) is 2. The molecule has 0 saturated carbocycles. The molecule has 0 spiro atoms. The molecule has 0 radical (unpaired) electrons. The van der Waals surface area contributed by atoms with Crippen LogP contribution >= 0.6 is 0 Å². The summed E-state index contributed by atoms with van der Waals surface area (Å²) in [7, 11) is 1.70. The summed E-state index contributed by atoms with van der Waals surface area (Å²) in [4.78, 5) is 2.43. The summed E-state index contributed by atoms with van der Waals surface area (Å²) in [5.74, 6) is 0.891. The van der Waals surface area contributed by atoms with Crippen LogP contribution in [0.5, 0.6) is 5.75 Å². The van der Waals surface area contributed by atoms with Gasteiger partial charge in [-0.3, -0.25) is 4.90 Å². The van der Waals surface area contributed by atoms with E-state index in [2.05, 4.69) is 29.2 Å². The lowest BCUT2D eigenvalue weighted by Gasteiger charge is -2.25. The smallest absolute Gasteiger partial charge is 0.119 e. The lowest BCUT2D eigenvalue weighted by atomic mass is 10.1. The molecule has 1 unspecified atom stereocenters. The van der Waals surface area contributed by atoms with Crippen molar-refractivity contribution < 1.29 is 14.6 Å².